The van der Waals surface area contributed by atoms with Crippen LogP contribution in [0.2, 0.25) is 0 Å². The maximum atomic E-state index is 12.1. The lowest BCUT2D eigenvalue weighted by Gasteiger charge is -2.09. The summed E-state index contributed by atoms with van der Waals surface area (Å²) in [4.78, 5) is 12.1. The van der Waals surface area contributed by atoms with Crippen molar-refractivity contribution in [2.45, 2.75) is 13.0 Å². The Hall–Kier alpha value is -2.59. The van der Waals surface area contributed by atoms with Crippen LogP contribution in [0.1, 0.15) is 11.1 Å². The van der Waals surface area contributed by atoms with Gasteiger partial charge in [0.05, 0.1) is 6.42 Å². The van der Waals surface area contributed by atoms with Gasteiger partial charge in [-0.05, 0) is 47.5 Å². The van der Waals surface area contributed by atoms with Crippen LogP contribution in [0.25, 0.3) is 0 Å². The molecule has 0 aliphatic rings. The number of anilines is 2. The first-order valence-electron chi connectivity index (χ1n) is 8.11. The van der Waals surface area contributed by atoms with Gasteiger partial charge in [-0.25, -0.2) is 0 Å². The summed E-state index contributed by atoms with van der Waals surface area (Å²) >= 11 is 3.42. The SMILES string of the molecule is O=C(Cc1cccc(Br)c1)Nc1ccc(NCc2ccccc2)cc1. The molecular formula is C21H19BrN2O. The van der Waals surface area contributed by atoms with E-state index in [1.165, 1.54) is 5.56 Å². The number of benzene rings is 3. The van der Waals surface area contributed by atoms with Gasteiger partial charge in [0.1, 0.15) is 0 Å². The minimum atomic E-state index is -0.0249. The Bertz CT molecular complexity index is 832. The topological polar surface area (TPSA) is 41.1 Å². The summed E-state index contributed by atoms with van der Waals surface area (Å²) in [6.45, 7) is 0.773. The summed E-state index contributed by atoms with van der Waals surface area (Å²) in [5.41, 5.74) is 4.03. The van der Waals surface area contributed by atoms with Crippen molar-refractivity contribution in [3.63, 3.8) is 0 Å². The van der Waals surface area contributed by atoms with Crippen LogP contribution in [-0.2, 0) is 17.8 Å². The molecule has 3 aromatic rings. The standard InChI is InChI=1S/C21H19BrN2O/c22-18-8-4-7-17(13-18)14-21(25)24-20-11-9-19(10-12-20)23-15-16-5-2-1-3-6-16/h1-13,23H,14-15H2,(H,24,25). The Balaban J connectivity index is 1.52. The third kappa shape index (κ3) is 5.47. The molecule has 1 amide bonds. The smallest absolute Gasteiger partial charge is 0.228 e. The van der Waals surface area contributed by atoms with Crippen molar-refractivity contribution >= 4 is 33.2 Å². The molecule has 0 aliphatic carbocycles. The van der Waals surface area contributed by atoms with E-state index >= 15 is 0 Å². The van der Waals surface area contributed by atoms with Gasteiger partial charge >= 0.3 is 0 Å². The maximum Gasteiger partial charge on any atom is 0.228 e. The molecule has 0 aliphatic heterocycles. The van der Waals surface area contributed by atoms with Crippen molar-refractivity contribution in [2.24, 2.45) is 0 Å². The van der Waals surface area contributed by atoms with E-state index in [4.69, 9.17) is 0 Å². The molecule has 0 fully saturated rings. The summed E-state index contributed by atoms with van der Waals surface area (Å²) in [7, 11) is 0. The van der Waals surface area contributed by atoms with Crippen molar-refractivity contribution in [3.05, 3.63) is 94.5 Å². The fourth-order valence-electron chi connectivity index (χ4n) is 2.51. The van der Waals surface area contributed by atoms with Crippen LogP contribution >= 0.6 is 15.9 Å². The first kappa shape index (κ1) is 17.2. The maximum absolute atomic E-state index is 12.1. The summed E-state index contributed by atoms with van der Waals surface area (Å²) in [6, 6.07) is 25.8. The van der Waals surface area contributed by atoms with Crippen molar-refractivity contribution in [3.8, 4) is 0 Å². The highest BCUT2D eigenvalue weighted by molar-refractivity contribution is 9.10. The Morgan fingerprint density at radius 3 is 2.20 bits per heavy atom. The van der Waals surface area contributed by atoms with Crippen LogP contribution in [-0.4, -0.2) is 5.91 Å². The van der Waals surface area contributed by atoms with Crippen molar-refractivity contribution < 1.29 is 4.79 Å². The molecule has 3 rings (SSSR count). The molecule has 0 radical (unpaired) electrons. The Morgan fingerprint density at radius 1 is 0.800 bits per heavy atom. The van der Waals surface area contributed by atoms with E-state index in [1.807, 2.05) is 66.7 Å². The van der Waals surface area contributed by atoms with Gasteiger partial charge in [-0.2, -0.15) is 0 Å². The molecule has 2 N–H and O–H groups in total. The van der Waals surface area contributed by atoms with Crippen LogP contribution in [0.3, 0.4) is 0 Å². The van der Waals surface area contributed by atoms with Crippen LogP contribution in [0.4, 0.5) is 11.4 Å². The second-order valence-corrected chi connectivity index (χ2v) is 6.69. The van der Waals surface area contributed by atoms with E-state index < -0.39 is 0 Å². The minimum absolute atomic E-state index is 0.0249. The number of carbonyl (C=O) groups is 1. The van der Waals surface area contributed by atoms with Crippen molar-refractivity contribution in [1.82, 2.24) is 0 Å². The molecule has 0 saturated heterocycles. The van der Waals surface area contributed by atoms with E-state index in [9.17, 15) is 4.79 Å². The average molecular weight is 395 g/mol. The van der Waals surface area contributed by atoms with Gasteiger partial charge < -0.3 is 10.6 Å². The largest absolute Gasteiger partial charge is 0.381 e. The van der Waals surface area contributed by atoms with Crippen molar-refractivity contribution in [2.75, 3.05) is 10.6 Å². The van der Waals surface area contributed by atoms with Gasteiger partial charge in [0, 0.05) is 22.4 Å². The van der Waals surface area contributed by atoms with E-state index in [0.29, 0.717) is 6.42 Å². The fourth-order valence-corrected chi connectivity index (χ4v) is 2.96. The highest BCUT2D eigenvalue weighted by atomic mass is 79.9. The summed E-state index contributed by atoms with van der Waals surface area (Å²) in [6.07, 6.45) is 0.355. The van der Waals surface area contributed by atoms with Gasteiger partial charge in [0.25, 0.3) is 0 Å². The molecule has 3 aromatic carbocycles. The van der Waals surface area contributed by atoms with Crippen LogP contribution < -0.4 is 10.6 Å². The molecule has 0 saturated carbocycles. The normalized spacial score (nSPS) is 10.3. The molecule has 0 spiro atoms. The molecule has 126 valence electrons. The number of halogens is 1. The highest BCUT2D eigenvalue weighted by Gasteiger charge is 2.05. The van der Waals surface area contributed by atoms with Crippen LogP contribution in [0, 0.1) is 0 Å². The Labute approximate surface area is 156 Å². The molecule has 0 bridgehead atoms. The molecule has 4 heteroatoms. The van der Waals surface area contributed by atoms with Gasteiger partial charge in [0.2, 0.25) is 5.91 Å². The van der Waals surface area contributed by atoms with Crippen LogP contribution in [0.15, 0.2) is 83.3 Å². The van der Waals surface area contributed by atoms with E-state index in [2.05, 4.69) is 38.7 Å². The van der Waals surface area contributed by atoms with E-state index in [0.717, 1.165) is 28.0 Å². The first-order valence-corrected chi connectivity index (χ1v) is 8.90. The number of carbonyl (C=O) groups excluding carboxylic acids is 1. The summed E-state index contributed by atoms with van der Waals surface area (Å²) in [5, 5.41) is 6.30. The second-order valence-electron chi connectivity index (χ2n) is 5.77. The summed E-state index contributed by atoms with van der Waals surface area (Å²) in [5.74, 6) is -0.0249. The Morgan fingerprint density at radius 2 is 1.48 bits per heavy atom. The van der Waals surface area contributed by atoms with Gasteiger partial charge in [-0.15, -0.1) is 0 Å². The zero-order valence-electron chi connectivity index (χ0n) is 13.7. The lowest BCUT2D eigenvalue weighted by Crippen LogP contribution is -2.14. The number of amides is 1. The Kier molecular flexibility index (Phi) is 5.86. The van der Waals surface area contributed by atoms with E-state index in [1.54, 1.807) is 0 Å². The number of rotatable bonds is 6. The number of hydrogen-bond donors (Lipinski definition) is 2. The lowest BCUT2D eigenvalue weighted by molar-refractivity contribution is -0.115. The quantitative estimate of drug-likeness (QED) is 0.599. The molecule has 0 atom stereocenters. The molecule has 0 aromatic heterocycles. The van der Waals surface area contributed by atoms with Gasteiger partial charge in [-0.1, -0.05) is 58.4 Å². The molecule has 3 nitrogen and oxygen atoms in total. The van der Waals surface area contributed by atoms with Gasteiger partial charge in [0.15, 0.2) is 0 Å². The predicted molar refractivity (Wildman–Crippen MR) is 107 cm³/mol. The van der Waals surface area contributed by atoms with Crippen LogP contribution in [0.5, 0.6) is 0 Å². The zero-order valence-corrected chi connectivity index (χ0v) is 15.3. The lowest BCUT2D eigenvalue weighted by atomic mass is 10.1. The highest BCUT2D eigenvalue weighted by Crippen LogP contribution is 2.16. The predicted octanol–water partition coefficient (Wildman–Crippen LogP) is 5.24. The summed E-state index contributed by atoms with van der Waals surface area (Å²) < 4.78 is 0.978. The third-order valence-corrected chi connectivity index (χ3v) is 4.26. The molecule has 0 heterocycles. The molecule has 0 unspecified atom stereocenters. The monoisotopic (exact) mass is 394 g/mol. The first-order chi connectivity index (χ1) is 12.2. The number of hydrogen-bond acceptors (Lipinski definition) is 2. The average Bonchev–Trinajstić information content (AvgIpc) is 2.62. The molecule has 25 heavy (non-hydrogen) atoms. The minimum Gasteiger partial charge on any atom is -0.381 e. The van der Waals surface area contributed by atoms with Crippen molar-refractivity contribution in [1.29, 1.82) is 0 Å². The second kappa shape index (κ2) is 8.49. The third-order valence-electron chi connectivity index (χ3n) is 3.76. The number of nitrogens with one attached hydrogen (secondary N) is 2. The van der Waals surface area contributed by atoms with E-state index in [-0.39, 0.29) is 5.91 Å². The van der Waals surface area contributed by atoms with Gasteiger partial charge in [-0.3, -0.25) is 4.79 Å². The fraction of sp³-hybridized carbons (Fsp3) is 0.0952. The zero-order chi connectivity index (χ0) is 17.5. The molecular weight excluding hydrogens is 376 g/mol.